The van der Waals surface area contributed by atoms with Gasteiger partial charge in [0.2, 0.25) is 0 Å². The molecular formula is H4O8PbS2. The molecule has 4 N–H and O–H groups in total. The molecule has 4 radical (unpaired) electrons. The van der Waals surface area contributed by atoms with E-state index in [9.17, 15) is 0 Å². The molecule has 0 bridgehead atoms. The van der Waals surface area contributed by atoms with Crippen LogP contribution in [0.3, 0.4) is 0 Å². The van der Waals surface area contributed by atoms with Gasteiger partial charge in [-0.15, -0.1) is 0 Å². The van der Waals surface area contributed by atoms with Gasteiger partial charge in [0.05, 0.1) is 0 Å². The van der Waals surface area contributed by atoms with Crippen molar-refractivity contribution in [2.75, 3.05) is 0 Å². The summed E-state index contributed by atoms with van der Waals surface area (Å²) in [4.78, 5) is 0. The van der Waals surface area contributed by atoms with Gasteiger partial charge in [-0.3, -0.25) is 18.2 Å². The minimum atomic E-state index is -4.67. The molecule has 0 amide bonds. The van der Waals surface area contributed by atoms with Gasteiger partial charge in [-0.25, -0.2) is 0 Å². The van der Waals surface area contributed by atoms with Crippen LogP contribution in [-0.4, -0.2) is 62.3 Å². The van der Waals surface area contributed by atoms with Crippen LogP contribution in [0.2, 0.25) is 0 Å². The van der Waals surface area contributed by atoms with Gasteiger partial charge in [0.15, 0.2) is 0 Å². The van der Waals surface area contributed by atoms with E-state index in [1.165, 1.54) is 0 Å². The molecule has 0 spiro atoms. The van der Waals surface area contributed by atoms with Gasteiger partial charge in [-0.1, -0.05) is 0 Å². The zero-order valence-electron chi connectivity index (χ0n) is 4.74. The zero-order chi connectivity index (χ0) is 9.00. The smallest absolute Gasteiger partial charge is 0.264 e. The van der Waals surface area contributed by atoms with E-state index >= 15 is 0 Å². The third-order valence-electron chi connectivity index (χ3n) is 0. The minimum Gasteiger partial charge on any atom is -0.264 e. The summed E-state index contributed by atoms with van der Waals surface area (Å²) in [5, 5.41) is 0. The summed E-state index contributed by atoms with van der Waals surface area (Å²) in [6.45, 7) is 0. The molecule has 0 aliphatic rings. The molecule has 0 unspecified atom stereocenters. The molecule has 0 atom stereocenters. The summed E-state index contributed by atoms with van der Waals surface area (Å²) in [6, 6.07) is 0. The SMILES string of the molecule is O=S(=O)(O)O.O=S(=O)(O)O.[Pb]. The predicted octanol–water partition coefficient (Wildman–Crippen LogP) is -1.69. The van der Waals surface area contributed by atoms with E-state index in [0.717, 1.165) is 0 Å². The van der Waals surface area contributed by atoms with Gasteiger partial charge in [-0.2, -0.15) is 16.8 Å². The van der Waals surface area contributed by atoms with Gasteiger partial charge in [0, 0.05) is 27.3 Å². The van der Waals surface area contributed by atoms with E-state index in [-0.39, 0.29) is 27.3 Å². The minimum absolute atomic E-state index is 0. The third-order valence-corrected chi connectivity index (χ3v) is 0. The van der Waals surface area contributed by atoms with Crippen molar-refractivity contribution in [2.45, 2.75) is 0 Å². The standard InChI is InChI=1S/2H2O4S.Pb/c2*1-5(2,3)4;/h2*(H2,1,2,3,4);. The van der Waals surface area contributed by atoms with Crippen molar-refractivity contribution in [1.29, 1.82) is 0 Å². The summed E-state index contributed by atoms with van der Waals surface area (Å²) in [6.07, 6.45) is 0. The van der Waals surface area contributed by atoms with Gasteiger partial charge < -0.3 is 0 Å². The number of hydrogen-bond donors (Lipinski definition) is 4. The third kappa shape index (κ3) is 1830. The Kier molecular flexibility index (Phi) is 9.97. The van der Waals surface area contributed by atoms with Crippen LogP contribution in [0, 0.1) is 0 Å². The van der Waals surface area contributed by atoms with Crippen molar-refractivity contribution in [3.05, 3.63) is 0 Å². The maximum atomic E-state index is 8.74. The summed E-state index contributed by atoms with van der Waals surface area (Å²) >= 11 is 0. The van der Waals surface area contributed by atoms with Gasteiger partial charge in [0.25, 0.3) is 0 Å². The molecule has 0 saturated carbocycles. The fourth-order valence-corrected chi connectivity index (χ4v) is 0. The van der Waals surface area contributed by atoms with Crippen molar-refractivity contribution < 1.29 is 35.0 Å². The van der Waals surface area contributed by atoms with Crippen LogP contribution in [0.5, 0.6) is 0 Å². The first-order chi connectivity index (χ1) is 4.00. The van der Waals surface area contributed by atoms with Crippen molar-refractivity contribution >= 4 is 48.1 Å². The molecule has 0 heterocycles. The van der Waals surface area contributed by atoms with Crippen LogP contribution >= 0.6 is 0 Å². The molecule has 0 aromatic carbocycles. The van der Waals surface area contributed by atoms with Gasteiger partial charge in [0.1, 0.15) is 0 Å². The fourth-order valence-electron chi connectivity index (χ4n) is 0. The fraction of sp³-hybridized carbons (Fsp3) is 0. The first-order valence-electron chi connectivity index (χ1n) is 1.40. The van der Waals surface area contributed by atoms with E-state index in [2.05, 4.69) is 0 Å². The molecule has 0 aromatic rings. The van der Waals surface area contributed by atoms with Crippen LogP contribution in [0.4, 0.5) is 0 Å². The van der Waals surface area contributed by atoms with Crippen LogP contribution in [0.25, 0.3) is 0 Å². The van der Waals surface area contributed by atoms with E-state index in [1.807, 2.05) is 0 Å². The molecule has 11 heavy (non-hydrogen) atoms. The Labute approximate surface area is 82.9 Å². The summed E-state index contributed by atoms with van der Waals surface area (Å²) in [5.41, 5.74) is 0. The van der Waals surface area contributed by atoms with E-state index < -0.39 is 20.8 Å². The van der Waals surface area contributed by atoms with E-state index in [0.29, 0.717) is 0 Å². The molecule has 0 aliphatic carbocycles. The topological polar surface area (TPSA) is 149 Å². The molecular weight excluding hydrogens is 399 g/mol. The average Bonchev–Trinajstić information content (AvgIpc) is 1.12. The Morgan fingerprint density at radius 3 is 0.636 bits per heavy atom. The first-order valence-corrected chi connectivity index (χ1v) is 4.19. The van der Waals surface area contributed by atoms with Gasteiger partial charge in [-0.05, 0) is 0 Å². The van der Waals surface area contributed by atoms with Crippen LogP contribution in [0.15, 0.2) is 0 Å². The van der Waals surface area contributed by atoms with Crippen molar-refractivity contribution in [3.8, 4) is 0 Å². The Hall–Kier alpha value is 0.662. The van der Waals surface area contributed by atoms with Crippen molar-refractivity contribution in [1.82, 2.24) is 0 Å². The quantitative estimate of drug-likeness (QED) is 0.277. The molecule has 0 saturated heterocycles. The molecule has 0 aliphatic heterocycles. The normalized spacial score (nSPS) is 10.5. The Bertz CT molecular complexity index is 208. The Morgan fingerprint density at radius 1 is 0.636 bits per heavy atom. The molecule has 68 valence electrons. The molecule has 0 aromatic heterocycles. The molecule has 0 fully saturated rings. The maximum absolute atomic E-state index is 8.74. The number of hydrogen-bond acceptors (Lipinski definition) is 4. The summed E-state index contributed by atoms with van der Waals surface area (Å²) in [7, 11) is -9.33. The largest absolute Gasteiger partial charge is 0.394 e. The summed E-state index contributed by atoms with van der Waals surface area (Å²) < 4.78 is 63.2. The average molecular weight is 403 g/mol. The first kappa shape index (κ1) is 17.7. The van der Waals surface area contributed by atoms with Crippen molar-refractivity contribution in [2.24, 2.45) is 0 Å². The summed E-state index contributed by atoms with van der Waals surface area (Å²) in [5.74, 6) is 0. The van der Waals surface area contributed by atoms with Crippen LogP contribution in [-0.2, 0) is 20.8 Å². The van der Waals surface area contributed by atoms with Gasteiger partial charge >= 0.3 is 20.8 Å². The van der Waals surface area contributed by atoms with Crippen LogP contribution in [0.1, 0.15) is 0 Å². The second-order valence-electron chi connectivity index (χ2n) is 0.896. The molecule has 8 nitrogen and oxygen atoms in total. The Balaban J connectivity index is -0.000000107. The second kappa shape index (κ2) is 6.21. The van der Waals surface area contributed by atoms with E-state index in [4.69, 9.17) is 35.0 Å². The van der Waals surface area contributed by atoms with Crippen molar-refractivity contribution in [3.63, 3.8) is 0 Å². The molecule has 0 rings (SSSR count). The predicted molar refractivity (Wildman–Crippen MR) is 34.1 cm³/mol. The maximum Gasteiger partial charge on any atom is 0.394 e. The second-order valence-corrected chi connectivity index (χ2v) is 2.69. The van der Waals surface area contributed by atoms with E-state index in [1.54, 1.807) is 0 Å². The molecule has 11 heteroatoms. The Morgan fingerprint density at radius 2 is 0.636 bits per heavy atom. The monoisotopic (exact) mass is 404 g/mol. The number of rotatable bonds is 0. The van der Waals surface area contributed by atoms with Crippen LogP contribution < -0.4 is 0 Å². The zero-order valence-corrected chi connectivity index (χ0v) is 10.3.